The molecule has 60 heavy (non-hydrogen) atoms. The summed E-state index contributed by atoms with van der Waals surface area (Å²) in [6.07, 6.45) is 6.14. The van der Waals surface area contributed by atoms with E-state index in [4.69, 9.17) is 14.5 Å². The highest BCUT2D eigenvalue weighted by Gasteiger charge is 2.39. The lowest BCUT2D eigenvalue weighted by Crippen LogP contribution is -2.51. The second kappa shape index (κ2) is 19.1. The van der Waals surface area contributed by atoms with E-state index in [2.05, 4.69) is 60.0 Å². The molecule has 2 amide bonds. The Morgan fingerprint density at radius 3 is 1.95 bits per heavy atom. The summed E-state index contributed by atoms with van der Waals surface area (Å²) in [5.74, 6) is 1.99. The molecule has 8 rings (SSSR count). The molecule has 5 unspecified atom stereocenters. The Balaban J connectivity index is 1.04. The van der Waals surface area contributed by atoms with Crippen molar-refractivity contribution in [2.45, 2.75) is 95.8 Å². The third-order valence-electron chi connectivity index (χ3n) is 12.3. The third-order valence-corrected chi connectivity index (χ3v) is 13.2. The number of ether oxygens (including phenoxy) is 2. The van der Waals surface area contributed by atoms with E-state index in [1.807, 2.05) is 110 Å². The predicted molar refractivity (Wildman–Crippen MR) is 242 cm³/mol. The molecule has 0 spiro atoms. The molecule has 0 saturated carbocycles. The number of aryl methyl sites for hydroxylation is 1. The van der Waals surface area contributed by atoms with E-state index in [0.29, 0.717) is 24.5 Å². The number of para-hydroxylation sites is 2. The first-order chi connectivity index (χ1) is 29.3. The molecular formula is C52H55N3O4S. The van der Waals surface area contributed by atoms with Gasteiger partial charge < -0.3 is 19.3 Å². The van der Waals surface area contributed by atoms with Gasteiger partial charge in [-0.1, -0.05) is 103 Å². The second-order valence-corrected chi connectivity index (χ2v) is 17.6. The molecular weight excluding hydrogens is 763 g/mol. The fourth-order valence-corrected chi connectivity index (χ4v) is 10.3. The topological polar surface area (TPSA) is 72.0 Å². The van der Waals surface area contributed by atoms with E-state index >= 15 is 0 Å². The number of aromatic nitrogens is 1. The Hall–Kier alpha value is -5.73. The normalized spacial score (nSPS) is 20.4. The molecule has 8 heteroatoms. The van der Waals surface area contributed by atoms with Gasteiger partial charge in [-0.15, -0.1) is 11.3 Å². The Labute approximate surface area is 359 Å². The molecule has 308 valence electrons. The highest BCUT2D eigenvalue weighted by molar-refractivity contribution is 7.14. The smallest absolute Gasteiger partial charge is 0.266 e. The van der Waals surface area contributed by atoms with Crippen molar-refractivity contribution in [3.63, 3.8) is 0 Å². The number of hydrogen-bond acceptors (Lipinski definition) is 6. The van der Waals surface area contributed by atoms with Crippen LogP contribution in [0.3, 0.4) is 0 Å². The first-order valence-corrected chi connectivity index (χ1v) is 22.4. The van der Waals surface area contributed by atoms with Crippen LogP contribution in [0.15, 0.2) is 140 Å². The summed E-state index contributed by atoms with van der Waals surface area (Å²) in [5.41, 5.74) is 5.61. The number of likely N-dealkylation sites (tertiary alicyclic amines) is 2. The maximum absolute atomic E-state index is 14.8. The number of carbonyl (C=O) groups is 2. The van der Waals surface area contributed by atoms with E-state index in [1.165, 1.54) is 16.9 Å². The average Bonchev–Trinajstić information content (AvgIpc) is 3.68. The first kappa shape index (κ1) is 41.0. The molecule has 2 fully saturated rings. The molecule has 5 atom stereocenters. The molecule has 0 bridgehead atoms. The minimum Gasteiger partial charge on any atom is -0.494 e. The van der Waals surface area contributed by atoms with Gasteiger partial charge in [-0.25, -0.2) is 4.98 Å². The van der Waals surface area contributed by atoms with Gasteiger partial charge in [0, 0.05) is 48.1 Å². The van der Waals surface area contributed by atoms with Gasteiger partial charge >= 0.3 is 0 Å². The van der Waals surface area contributed by atoms with Crippen LogP contribution in [0.4, 0.5) is 0 Å². The number of carbonyl (C=O) groups excluding carboxylic acids is 2. The van der Waals surface area contributed by atoms with Crippen molar-refractivity contribution in [1.82, 2.24) is 14.8 Å². The lowest BCUT2D eigenvalue weighted by Gasteiger charge is -2.44. The largest absolute Gasteiger partial charge is 0.494 e. The van der Waals surface area contributed by atoms with Crippen molar-refractivity contribution in [1.29, 1.82) is 0 Å². The van der Waals surface area contributed by atoms with Crippen LogP contribution < -0.4 is 9.47 Å². The summed E-state index contributed by atoms with van der Waals surface area (Å²) in [5, 5.41) is 0.877. The van der Waals surface area contributed by atoms with Gasteiger partial charge in [0.25, 0.3) is 11.8 Å². The molecule has 0 aliphatic carbocycles. The minimum absolute atomic E-state index is 0.0208. The van der Waals surface area contributed by atoms with Crippen LogP contribution in [-0.4, -0.2) is 64.0 Å². The summed E-state index contributed by atoms with van der Waals surface area (Å²) in [4.78, 5) is 39.4. The number of hydrogen-bond donors (Lipinski definition) is 0. The number of nitrogens with zero attached hydrogens (tertiary/aromatic N) is 3. The van der Waals surface area contributed by atoms with E-state index in [0.717, 1.165) is 83.0 Å². The number of piperidine rings is 2. The van der Waals surface area contributed by atoms with Gasteiger partial charge in [-0.2, -0.15) is 0 Å². The molecule has 2 aliphatic rings. The average molecular weight is 818 g/mol. The van der Waals surface area contributed by atoms with E-state index in [1.54, 1.807) is 0 Å². The zero-order valence-electron chi connectivity index (χ0n) is 34.9. The summed E-state index contributed by atoms with van der Waals surface area (Å²) in [6.45, 7) is 7.41. The van der Waals surface area contributed by atoms with Crippen molar-refractivity contribution in [2.24, 2.45) is 0 Å². The van der Waals surface area contributed by atoms with Crippen LogP contribution in [0, 0.1) is 6.92 Å². The molecule has 2 aliphatic heterocycles. The van der Waals surface area contributed by atoms with Gasteiger partial charge in [-0.3, -0.25) is 9.59 Å². The van der Waals surface area contributed by atoms with Crippen molar-refractivity contribution in [3.05, 3.63) is 161 Å². The molecule has 3 heterocycles. The zero-order valence-corrected chi connectivity index (χ0v) is 35.7. The molecule has 7 nitrogen and oxygen atoms in total. The molecule has 1 aromatic heterocycles. The lowest BCUT2D eigenvalue weighted by molar-refractivity contribution is 0.0399. The quantitative estimate of drug-likeness (QED) is 0.116. The van der Waals surface area contributed by atoms with Gasteiger partial charge in [-0.05, 0) is 112 Å². The van der Waals surface area contributed by atoms with E-state index < -0.39 is 0 Å². The monoisotopic (exact) mass is 817 g/mol. The summed E-state index contributed by atoms with van der Waals surface area (Å²) in [7, 11) is 0. The molecule has 0 radical (unpaired) electrons. The molecule has 0 N–H and O–H groups in total. The van der Waals surface area contributed by atoms with Gasteiger partial charge in [0.1, 0.15) is 16.4 Å². The van der Waals surface area contributed by atoms with Crippen molar-refractivity contribution >= 4 is 23.2 Å². The summed E-state index contributed by atoms with van der Waals surface area (Å²) < 4.78 is 12.3. The van der Waals surface area contributed by atoms with Crippen molar-refractivity contribution in [2.75, 3.05) is 13.2 Å². The van der Waals surface area contributed by atoms with E-state index in [9.17, 15) is 9.59 Å². The fraction of sp³-hybridized carbons (Fsp3) is 0.327. The summed E-state index contributed by atoms with van der Waals surface area (Å²) in [6, 6.07) is 46.7. The fourth-order valence-electron chi connectivity index (χ4n) is 9.42. The van der Waals surface area contributed by atoms with Crippen LogP contribution in [0.2, 0.25) is 0 Å². The van der Waals surface area contributed by atoms with Crippen LogP contribution in [0.5, 0.6) is 11.5 Å². The Morgan fingerprint density at radius 1 is 0.650 bits per heavy atom. The highest BCUT2D eigenvalue weighted by atomic mass is 32.1. The predicted octanol–water partition coefficient (Wildman–Crippen LogP) is 11.9. The number of amides is 2. The Kier molecular flexibility index (Phi) is 13.1. The Bertz CT molecular complexity index is 2350. The molecule has 2 saturated heterocycles. The van der Waals surface area contributed by atoms with Gasteiger partial charge in [0.05, 0.1) is 23.9 Å². The number of rotatable bonds is 13. The zero-order chi connectivity index (χ0) is 41.4. The van der Waals surface area contributed by atoms with Crippen molar-refractivity contribution in [3.8, 4) is 33.9 Å². The minimum atomic E-state index is -0.0514. The van der Waals surface area contributed by atoms with Crippen LogP contribution in [-0.2, 0) is 0 Å². The maximum atomic E-state index is 14.8. The number of thiazole rings is 1. The van der Waals surface area contributed by atoms with Gasteiger partial charge in [0.2, 0.25) is 0 Å². The summed E-state index contributed by atoms with van der Waals surface area (Å²) >= 11 is 1.49. The standard InChI is InChI=1S/C52H55N3O4S/c1-36-17-15-22-43(29-31-58-45-23-9-5-10-24-45)54(36)52(57)50-49(53-38(3)60-50)41-21-16-20-40(34-41)42-33-37(2)55(44(35-42)30-32-59-46-25-11-6-12-26-46)51(56)48-28-14-13-27-47(48)39-18-7-4-8-19-39/h4-14,16,18-21,23-28,34,36-37,42-44H,15,17,22,29-33,35H2,1-3H3. The van der Waals surface area contributed by atoms with Gasteiger partial charge in [0.15, 0.2) is 0 Å². The van der Waals surface area contributed by atoms with E-state index in [-0.39, 0.29) is 41.9 Å². The van der Waals surface area contributed by atoms with Crippen molar-refractivity contribution < 1.29 is 19.1 Å². The Morgan fingerprint density at radius 2 is 1.25 bits per heavy atom. The third kappa shape index (κ3) is 9.34. The number of benzene rings is 5. The van der Waals surface area contributed by atoms with Crippen LogP contribution in [0.1, 0.15) is 95.3 Å². The molecule has 6 aromatic rings. The lowest BCUT2D eigenvalue weighted by atomic mass is 9.80. The van der Waals surface area contributed by atoms with Crippen LogP contribution >= 0.6 is 11.3 Å². The first-order valence-electron chi connectivity index (χ1n) is 21.6. The SMILES string of the molecule is Cc1nc(-c2cccc(C3CC(C)N(C(=O)c4ccccc4-c4ccccc4)C(CCOc4ccccc4)C3)c2)c(C(=O)N2C(C)CCCC2CCOc2ccccc2)s1. The van der Waals surface area contributed by atoms with Crippen LogP contribution in [0.25, 0.3) is 22.4 Å². The highest BCUT2D eigenvalue weighted by Crippen LogP contribution is 2.41. The maximum Gasteiger partial charge on any atom is 0.266 e. The second-order valence-electron chi connectivity index (χ2n) is 16.4. The molecule has 5 aromatic carbocycles.